The van der Waals surface area contributed by atoms with Crippen molar-refractivity contribution in [3.8, 4) is 5.69 Å². The molecule has 0 saturated heterocycles. The molecule has 1 fully saturated rings. The molecule has 8 heteroatoms. The van der Waals surface area contributed by atoms with E-state index in [-0.39, 0.29) is 22.8 Å². The molecule has 3 heterocycles. The Labute approximate surface area is 200 Å². The van der Waals surface area contributed by atoms with Crippen LogP contribution in [0.1, 0.15) is 24.6 Å². The van der Waals surface area contributed by atoms with Crippen LogP contribution in [0.4, 0.5) is 11.4 Å². The Morgan fingerprint density at radius 2 is 1.63 bits per heavy atom. The van der Waals surface area contributed by atoms with Crippen molar-refractivity contribution in [2.24, 2.45) is 14.1 Å². The molecule has 6 rings (SSSR count). The SMILES string of the molecule is Cc1cc2cc(Nc3cc(=O)n(C)c4c3c(=O)n(C3CC3)c(=O)n4-c3ccccc3)ccc2n1C. The summed E-state index contributed by atoms with van der Waals surface area (Å²) in [5.74, 6) is 0. The summed E-state index contributed by atoms with van der Waals surface area (Å²) < 4.78 is 6.30. The topological polar surface area (TPSA) is 83.0 Å². The van der Waals surface area contributed by atoms with Crippen LogP contribution < -0.4 is 22.1 Å². The predicted octanol–water partition coefficient (Wildman–Crippen LogP) is 3.73. The Balaban J connectivity index is 1.66. The van der Waals surface area contributed by atoms with Crippen molar-refractivity contribution in [1.82, 2.24) is 18.3 Å². The second-order valence-electron chi connectivity index (χ2n) is 9.26. The van der Waals surface area contributed by atoms with Crippen LogP contribution in [0, 0.1) is 6.92 Å². The first-order valence-corrected chi connectivity index (χ1v) is 11.6. The first kappa shape index (κ1) is 21.2. The fraction of sp³-hybridized carbons (Fsp3) is 0.222. The summed E-state index contributed by atoms with van der Waals surface area (Å²) in [6.45, 7) is 2.05. The van der Waals surface area contributed by atoms with Gasteiger partial charge in [0.2, 0.25) is 0 Å². The highest BCUT2D eigenvalue weighted by Crippen LogP contribution is 2.33. The predicted molar refractivity (Wildman–Crippen MR) is 138 cm³/mol. The van der Waals surface area contributed by atoms with Gasteiger partial charge in [-0.05, 0) is 56.2 Å². The molecule has 0 spiro atoms. The number of rotatable bonds is 4. The first-order valence-electron chi connectivity index (χ1n) is 11.6. The smallest absolute Gasteiger partial charge is 0.337 e. The monoisotopic (exact) mass is 467 g/mol. The third-order valence-corrected chi connectivity index (χ3v) is 6.94. The summed E-state index contributed by atoms with van der Waals surface area (Å²) in [7, 11) is 3.61. The molecule has 1 saturated carbocycles. The summed E-state index contributed by atoms with van der Waals surface area (Å²) in [6, 6.07) is 18.5. The molecule has 2 aromatic carbocycles. The van der Waals surface area contributed by atoms with Crippen molar-refractivity contribution in [2.75, 3.05) is 5.32 Å². The maximum absolute atomic E-state index is 13.7. The molecule has 0 amide bonds. The van der Waals surface area contributed by atoms with E-state index in [2.05, 4.69) is 16.0 Å². The van der Waals surface area contributed by atoms with E-state index in [0.29, 0.717) is 16.8 Å². The molecule has 35 heavy (non-hydrogen) atoms. The Morgan fingerprint density at radius 3 is 2.34 bits per heavy atom. The number of hydrogen-bond donors (Lipinski definition) is 1. The molecular formula is C27H25N5O3. The minimum absolute atomic E-state index is 0.122. The van der Waals surface area contributed by atoms with Crippen molar-refractivity contribution in [1.29, 1.82) is 0 Å². The molecule has 3 aromatic heterocycles. The van der Waals surface area contributed by atoms with Gasteiger partial charge >= 0.3 is 5.69 Å². The lowest BCUT2D eigenvalue weighted by atomic mass is 10.2. The molecule has 0 unspecified atom stereocenters. The molecule has 8 nitrogen and oxygen atoms in total. The van der Waals surface area contributed by atoms with Gasteiger partial charge in [0.25, 0.3) is 11.1 Å². The Kier molecular flexibility index (Phi) is 4.60. The molecule has 1 aliphatic rings. The van der Waals surface area contributed by atoms with Crippen LogP contribution in [-0.2, 0) is 14.1 Å². The van der Waals surface area contributed by atoms with E-state index < -0.39 is 5.69 Å². The van der Waals surface area contributed by atoms with Gasteiger partial charge in [-0.3, -0.25) is 18.7 Å². The average Bonchev–Trinajstić information content (AvgIpc) is 3.63. The lowest BCUT2D eigenvalue weighted by Gasteiger charge is -2.18. The van der Waals surface area contributed by atoms with Crippen LogP contribution in [0.25, 0.3) is 27.6 Å². The van der Waals surface area contributed by atoms with Gasteiger partial charge in [-0.15, -0.1) is 0 Å². The van der Waals surface area contributed by atoms with E-state index >= 15 is 0 Å². The fourth-order valence-electron chi connectivity index (χ4n) is 4.85. The van der Waals surface area contributed by atoms with E-state index in [1.807, 2.05) is 50.4 Å². The molecule has 1 N–H and O–H groups in total. The van der Waals surface area contributed by atoms with E-state index in [9.17, 15) is 14.4 Å². The number of nitrogens with one attached hydrogen (secondary N) is 1. The zero-order chi connectivity index (χ0) is 24.4. The minimum Gasteiger partial charge on any atom is -0.355 e. The first-order chi connectivity index (χ1) is 16.8. The highest BCUT2D eigenvalue weighted by Gasteiger charge is 2.30. The van der Waals surface area contributed by atoms with E-state index in [0.717, 1.165) is 35.1 Å². The summed E-state index contributed by atoms with van der Waals surface area (Å²) in [5.41, 5.74) is 3.13. The number of pyridine rings is 1. The van der Waals surface area contributed by atoms with Crippen molar-refractivity contribution in [3.63, 3.8) is 0 Å². The van der Waals surface area contributed by atoms with Gasteiger partial charge < -0.3 is 9.88 Å². The highest BCUT2D eigenvalue weighted by atomic mass is 16.2. The minimum atomic E-state index is -0.426. The Morgan fingerprint density at radius 1 is 0.886 bits per heavy atom. The summed E-state index contributed by atoms with van der Waals surface area (Å²) in [6.07, 6.45) is 1.57. The van der Waals surface area contributed by atoms with Gasteiger partial charge in [0, 0.05) is 48.5 Å². The molecule has 176 valence electrons. The van der Waals surface area contributed by atoms with Crippen molar-refractivity contribution in [3.05, 3.63) is 97.5 Å². The van der Waals surface area contributed by atoms with E-state index in [1.54, 1.807) is 19.2 Å². The van der Waals surface area contributed by atoms with Crippen molar-refractivity contribution >= 4 is 33.3 Å². The summed E-state index contributed by atoms with van der Waals surface area (Å²) in [4.78, 5) is 40.4. The van der Waals surface area contributed by atoms with Crippen LogP contribution in [0.5, 0.6) is 0 Å². The Bertz CT molecular complexity index is 1820. The molecule has 1 aliphatic carbocycles. The largest absolute Gasteiger partial charge is 0.355 e. The van der Waals surface area contributed by atoms with Crippen LogP contribution in [-0.4, -0.2) is 18.3 Å². The molecule has 0 bridgehead atoms. The quantitative estimate of drug-likeness (QED) is 0.437. The van der Waals surface area contributed by atoms with E-state index in [4.69, 9.17) is 0 Å². The number of aromatic nitrogens is 4. The summed E-state index contributed by atoms with van der Waals surface area (Å²) in [5, 5.41) is 4.68. The molecule has 0 atom stereocenters. The maximum Gasteiger partial charge on any atom is 0.337 e. The number of fused-ring (bicyclic) bond motifs is 2. The average molecular weight is 468 g/mol. The number of nitrogens with zero attached hydrogens (tertiary/aromatic N) is 4. The zero-order valence-electron chi connectivity index (χ0n) is 19.8. The van der Waals surface area contributed by atoms with Crippen molar-refractivity contribution < 1.29 is 0 Å². The van der Waals surface area contributed by atoms with Crippen LogP contribution in [0.15, 0.2) is 75.0 Å². The van der Waals surface area contributed by atoms with Crippen LogP contribution in [0.3, 0.4) is 0 Å². The zero-order valence-corrected chi connectivity index (χ0v) is 19.8. The summed E-state index contributed by atoms with van der Waals surface area (Å²) >= 11 is 0. The molecular weight excluding hydrogens is 442 g/mol. The number of hydrogen-bond acceptors (Lipinski definition) is 4. The normalized spacial score (nSPS) is 13.6. The second-order valence-corrected chi connectivity index (χ2v) is 9.26. The Hall–Kier alpha value is -4.33. The van der Waals surface area contributed by atoms with Gasteiger partial charge in [0.1, 0.15) is 11.0 Å². The van der Waals surface area contributed by atoms with Gasteiger partial charge in [-0.2, -0.15) is 0 Å². The highest BCUT2D eigenvalue weighted by molar-refractivity contribution is 5.93. The second kappa shape index (κ2) is 7.59. The number of aryl methyl sites for hydroxylation is 3. The molecule has 5 aromatic rings. The number of anilines is 2. The van der Waals surface area contributed by atoms with Crippen molar-refractivity contribution in [2.45, 2.75) is 25.8 Å². The van der Waals surface area contributed by atoms with Gasteiger partial charge in [-0.25, -0.2) is 9.36 Å². The fourth-order valence-corrected chi connectivity index (χ4v) is 4.85. The standard InChI is InChI=1S/C27H25N5O3/c1-16-13-17-14-18(9-12-22(17)29(16)2)28-21-15-23(33)30(3)25-24(21)26(34)32(20-10-11-20)27(35)31(25)19-7-5-4-6-8-19/h4-9,12-15,20,28H,10-11H2,1-3H3. The van der Waals surface area contributed by atoms with Crippen LogP contribution >= 0.6 is 0 Å². The van der Waals surface area contributed by atoms with E-state index in [1.165, 1.54) is 19.8 Å². The van der Waals surface area contributed by atoms with Crippen LogP contribution in [0.2, 0.25) is 0 Å². The van der Waals surface area contributed by atoms with Gasteiger partial charge in [0.05, 0.1) is 11.4 Å². The van der Waals surface area contributed by atoms with Gasteiger partial charge in [0.15, 0.2) is 0 Å². The third kappa shape index (κ3) is 3.24. The lowest BCUT2D eigenvalue weighted by Crippen LogP contribution is -2.41. The molecule has 0 aliphatic heterocycles. The van der Waals surface area contributed by atoms with Gasteiger partial charge in [-0.1, -0.05) is 18.2 Å². The maximum atomic E-state index is 13.7. The lowest BCUT2D eigenvalue weighted by molar-refractivity contribution is 0.637. The third-order valence-electron chi connectivity index (χ3n) is 6.94. The number of benzene rings is 2. The number of para-hydroxylation sites is 1. The molecule has 0 radical (unpaired) electrons.